The quantitative estimate of drug-likeness (QED) is 0.637. The van der Waals surface area contributed by atoms with Gasteiger partial charge in [-0.15, -0.1) is 0 Å². The first-order valence-corrected chi connectivity index (χ1v) is 8.12. The number of fused-ring (bicyclic) bond motifs is 1. The number of para-hydroxylation sites is 2. The lowest BCUT2D eigenvalue weighted by atomic mass is 10.3. The fourth-order valence-electron chi connectivity index (χ4n) is 2.40. The van der Waals surface area contributed by atoms with Gasteiger partial charge in [-0.2, -0.15) is 0 Å². The van der Waals surface area contributed by atoms with E-state index in [0.29, 0.717) is 6.04 Å². The summed E-state index contributed by atoms with van der Waals surface area (Å²) in [5.74, 6) is 1.93. The molecule has 1 heterocycles. The second-order valence-corrected chi connectivity index (χ2v) is 5.51. The Morgan fingerprint density at radius 3 is 2.82 bits per heavy atom. The van der Waals surface area contributed by atoms with Crippen LogP contribution in [0.1, 0.15) is 33.0 Å². The summed E-state index contributed by atoms with van der Waals surface area (Å²) in [7, 11) is 0. The van der Waals surface area contributed by atoms with E-state index >= 15 is 0 Å². The van der Waals surface area contributed by atoms with Gasteiger partial charge in [-0.1, -0.05) is 19.1 Å². The Labute approximate surface area is 132 Å². The smallest absolute Gasteiger partial charge is 0.191 e. The van der Waals surface area contributed by atoms with Crippen molar-refractivity contribution in [2.45, 2.75) is 46.7 Å². The average molecular weight is 301 g/mol. The molecular weight excluding hydrogens is 274 g/mol. The number of aryl methyl sites for hydroxylation is 1. The number of hydrogen-bond acceptors (Lipinski definition) is 2. The number of aliphatic imine (C=N–C) groups is 1. The highest BCUT2D eigenvalue weighted by molar-refractivity contribution is 5.80. The van der Waals surface area contributed by atoms with Crippen LogP contribution in [0.15, 0.2) is 29.3 Å². The van der Waals surface area contributed by atoms with Gasteiger partial charge in [-0.3, -0.25) is 4.99 Å². The van der Waals surface area contributed by atoms with Gasteiger partial charge in [-0.25, -0.2) is 4.98 Å². The molecule has 0 bridgehead atoms. The topological polar surface area (TPSA) is 54.2 Å². The normalized spacial score (nSPS) is 13.4. The van der Waals surface area contributed by atoms with Gasteiger partial charge >= 0.3 is 0 Å². The summed E-state index contributed by atoms with van der Waals surface area (Å²) in [4.78, 5) is 9.26. The lowest BCUT2D eigenvalue weighted by Crippen LogP contribution is -2.42. The molecule has 0 radical (unpaired) electrons. The molecule has 1 aromatic carbocycles. The summed E-state index contributed by atoms with van der Waals surface area (Å²) in [5.41, 5.74) is 2.23. The molecule has 0 saturated heterocycles. The average Bonchev–Trinajstić information content (AvgIpc) is 2.83. The highest BCUT2D eigenvalue weighted by atomic mass is 15.2. The Hall–Kier alpha value is -2.04. The van der Waals surface area contributed by atoms with Crippen molar-refractivity contribution < 1.29 is 0 Å². The number of rotatable bonds is 6. The van der Waals surface area contributed by atoms with Crippen LogP contribution < -0.4 is 10.6 Å². The molecule has 2 rings (SSSR count). The summed E-state index contributed by atoms with van der Waals surface area (Å²) in [6.45, 7) is 10.9. The van der Waals surface area contributed by atoms with E-state index in [1.807, 2.05) is 13.0 Å². The molecule has 22 heavy (non-hydrogen) atoms. The molecular formula is C17H27N5. The van der Waals surface area contributed by atoms with Gasteiger partial charge < -0.3 is 15.2 Å². The van der Waals surface area contributed by atoms with Crippen molar-refractivity contribution in [3.8, 4) is 0 Å². The molecule has 1 aromatic heterocycles. The number of benzene rings is 1. The molecule has 0 fully saturated rings. The zero-order chi connectivity index (χ0) is 15.9. The molecule has 0 saturated carbocycles. The van der Waals surface area contributed by atoms with Crippen molar-refractivity contribution in [2.24, 2.45) is 4.99 Å². The van der Waals surface area contributed by atoms with Crippen LogP contribution in [0.2, 0.25) is 0 Å². The molecule has 0 aliphatic heterocycles. The van der Waals surface area contributed by atoms with Crippen molar-refractivity contribution in [3.63, 3.8) is 0 Å². The Bertz CT molecular complexity index is 629. The van der Waals surface area contributed by atoms with E-state index in [4.69, 9.17) is 0 Å². The lowest BCUT2D eigenvalue weighted by molar-refractivity contribution is 0.620. The molecule has 2 N–H and O–H groups in total. The summed E-state index contributed by atoms with van der Waals surface area (Å²) in [5, 5.41) is 6.71. The third kappa shape index (κ3) is 4.00. The first-order valence-electron chi connectivity index (χ1n) is 8.12. The summed E-state index contributed by atoms with van der Waals surface area (Å²) < 4.78 is 2.23. The second kappa shape index (κ2) is 7.82. The number of aromatic nitrogens is 2. The van der Waals surface area contributed by atoms with Crippen molar-refractivity contribution in [3.05, 3.63) is 30.1 Å². The van der Waals surface area contributed by atoms with E-state index in [9.17, 15) is 0 Å². The Kier molecular flexibility index (Phi) is 5.81. The first kappa shape index (κ1) is 16.3. The highest BCUT2D eigenvalue weighted by Gasteiger charge is 2.06. The number of hydrogen-bond donors (Lipinski definition) is 2. The molecule has 0 aliphatic rings. The van der Waals surface area contributed by atoms with Gasteiger partial charge in [0, 0.05) is 19.1 Å². The molecule has 0 amide bonds. The predicted octanol–water partition coefficient (Wildman–Crippen LogP) is 2.70. The Morgan fingerprint density at radius 2 is 2.09 bits per heavy atom. The van der Waals surface area contributed by atoms with E-state index in [2.05, 4.69) is 64.1 Å². The van der Waals surface area contributed by atoms with E-state index in [0.717, 1.165) is 43.4 Å². The minimum absolute atomic E-state index is 0.425. The fraction of sp³-hybridized carbons (Fsp3) is 0.529. The molecule has 5 nitrogen and oxygen atoms in total. The zero-order valence-electron chi connectivity index (χ0n) is 14.1. The van der Waals surface area contributed by atoms with Crippen LogP contribution in [0.4, 0.5) is 0 Å². The van der Waals surface area contributed by atoms with E-state index in [-0.39, 0.29) is 0 Å². The van der Waals surface area contributed by atoms with Gasteiger partial charge in [0.05, 0.1) is 17.6 Å². The van der Waals surface area contributed by atoms with Crippen LogP contribution in [0, 0.1) is 6.92 Å². The van der Waals surface area contributed by atoms with Crippen LogP contribution in [0.5, 0.6) is 0 Å². The Balaban J connectivity index is 2.06. The molecule has 120 valence electrons. The van der Waals surface area contributed by atoms with Crippen molar-refractivity contribution >= 4 is 17.0 Å². The monoisotopic (exact) mass is 301 g/mol. The lowest BCUT2D eigenvalue weighted by Gasteiger charge is -2.16. The minimum Gasteiger partial charge on any atom is -0.357 e. The standard InChI is InChI=1S/C17H27N5/c1-5-13(3)20-17(18-6-2)19-11-12-22-14(4)21-15-9-7-8-10-16(15)22/h7-10,13H,5-6,11-12H2,1-4H3,(H2,18,19,20). The maximum absolute atomic E-state index is 4.67. The third-order valence-corrected chi connectivity index (χ3v) is 3.78. The van der Waals surface area contributed by atoms with Crippen molar-refractivity contribution in [1.29, 1.82) is 0 Å². The van der Waals surface area contributed by atoms with Crippen LogP contribution in [-0.2, 0) is 6.54 Å². The molecule has 1 atom stereocenters. The summed E-state index contributed by atoms with van der Waals surface area (Å²) in [6, 6.07) is 8.67. The molecule has 2 aromatic rings. The fourth-order valence-corrected chi connectivity index (χ4v) is 2.40. The molecule has 5 heteroatoms. The highest BCUT2D eigenvalue weighted by Crippen LogP contribution is 2.14. The molecule has 0 aliphatic carbocycles. The summed E-state index contributed by atoms with van der Waals surface area (Å²) in [6.07, 6.45) is 1.08. The van der Waals surface area contributed by atoms with Crippen LogP contribution in [-0.4, -0.2) is 34.6 Å². The predicted molar refractivity (Wildman–Crippen MR) is 93.3 cm³/mol. The zero-order valence-corrected chi connectivity index (χ0v) is 14.1. The number of nitrogens with zero attached hydrogens (tertiary/aromatic N) is 3. The maximum Gasteiger partial charge on any atom is 0.191 e. The van der Waals surface area contributed by atoms with E-state index < -0.39 is 0 Å². The second-order valence-electron chi connectivity index (χ2n) is 5.51. The number of guanidine groups is 1. The van der Waals surface area contributed by atoms with Crippen LogP contribution in [0.3, 0.4) is 0 Å². The largest absolute Gasteiger partial charge is 0.357 e. The van der Waals surface area contributed by atoms with Crippen LogP contribution in [0.25, 0.3) is 11.0 Å². The molecule has 1 unspecified atom stereocenters. The third-order valence-electron chi connectivity index (χ3n) is 3.78. The minimum atomic E-state index is 0.425. The van der Waals surface area contributed by atoms with Gasteiger partial charge in [0.15, 0.2) is 5.96 Å². The van der Waals surface area contributed by atoms with Crippen molar-refractivity contribution in [2.75, 3.05) is 13.1 Å². The van der Waals surface area contributed by atoms with Gasteiger partial charge in [0.25, 0.3) is 0 Å². The van der Waals surface area contributed by atoms with Crippen molar-refractivity contribution in [1.82, 2.24) is 20.2 Å². The molecule has 0 spiro atoms. The van der Waals surface area contributed by atoms with E-state index in [1.54, 1.807) is 0 Å². The van der Waals surface area contributed by atoms with Gasteiger partial charge in [0.1, 0.15) is 5.82 Å². The summed E-state index contributed by atoms with van der Waals surface area (Å²) >= 11 is 0. The van der Waals surface area contributed by atoms with E-state index in [1.165, 1.54) is 5.52 Å². The van der Waals surface area contributed by atoms with Gasteiger partial charge in [0.2, 0.25) is 0 Å². The van der Waals surface area contributed by atoms with Gasteiger partial charge in [-0.05, 0) is 39.3 Å². The first-order chi connectivity index (χ1) is 10.7. The number of nitrogens with one attached hydrogen (secondary N) is 2. The maximum atomic E-state index is 4.67. The van der Waals surface area contributed by atoms with Crippen LogP contribution >= 0.6 is 0 Å². The SMILES string of the molecule is CCNC(=NCCn1c(C)nc2ccccc21)NC(C)CC. The Morgan fingerprint density at radius 1 is 1.32 bits per heavy atom. The number of imidazole rings is 1.